The summed E-state index contributed by atoms with van der Waals surface area (Å²) >= 11 is 0. The van der Waals surface area contributed by atoms with E-state index in [1.54, 1.807) is 0 Å². The van der Waals surface area contributed by atoms with Crippen molar-refractivity contribution in [1.82, 2.24) is 4.98 Å². The maximum Gasteiger partial charge on any atom is 0.129 e. The molecule has 0 bridgehead atoms. The van der Waals surface area contributed by atoms with Gasteiger partial charge in [-0.3, -0.25) is 0 Å². The van der Waals surface area contributed by atoms with E-state index in [-0.39, 0.29) is 6.04 Å². The summed E-state index contributed by atoms with van der Waals surface area (Å²) in [7, 11) is 0. The third-order valence-corrected chi connectivity index (χ3v) is 3.66. The number of pyridine rings is 1. The van der Waals surface area contributed by atoms with Gasteiger partial charge in [-0.1, -0.05) is 13.8 Å². The molecule has 1 aromatic heterocycles. The Labute approximate surface area is 104 Å². The molecule has 0 saturated carbocycles. The van der Waals surface area contributed by atoms with Crippen LogP contribution >= 0.6 is 0 Å². The van der Waals surface area contributed by atoms with Crippen molar-refractivity contribution in [1.29, 1.82) is 0 Å². The van der Waals surface area contributed by atoms with Crippen molar-refractivity contribution in [2.75, 3.05) is 11.4 Å². The summed E-state index contributed by atoms with van der Waals surface area (Å²) in [5.41, 5.74) is 7.10. The van der Waals surface area contributed by atoms with E-state index in [0.29, 0.717) is 12.0 Å². The molecule has 1 aromatic rings. The monoisotopic (exact) mass is 233 g/mol. The highest BCUT2D eigenvalue weighted by atomic mass is 15.2. The summed E-state index contributed by atoms with van der Waals surface area (Å²) in [5, 5.41) is 0. The van der Waals surface area contributed by atoms with Gasteiger partial charge in [0.25, 0.3) is 0 Å². The van der Waals surface area contributed by atoms with Gasteiger partial charge in [-0.05, 0) is 43.4 Å². The maximum absolute atomic E-state index is 5.93. The van der Waals surface area contributed by atoms with Crippen LogP contribution in [0.1, 0.15) is 45.2 Å². The molecule has 2 atom stereocenters. The van der Waals surface area contributed by atoms with Gasteiger partial charge in [0, 0.05) is 24.8 Å². The Morgan fingerprint density at radius 3 is 2.82 bits per heavy atom. The van der Waals surface area contributed by atoms with Gasteiger partial charge in [0.05, 0.1) is 0 Å². The molecule has 1 fully saturated rings. The first-order chi connectivity index (χ1) is 8.09. The van der Waals surface area contributed by atoms with Gasteiger partial charge in [0.15, 0.2) is 0 Å². The van der Waals surface area contributed by atoms with Crippen LogP contribution in [0.5, 0.6) is 0 Å². The molecular formula is C14H23N3. The van der Waals surface area contributed by atoms with Crippen molar-refractivity contribution in [3.8, 4) is 0 Å². The SMILES string of the molecule is CC(N)c1ccnc(N2CCCC2C(C)C)c1. The van der Waals surface area contributed by atoms with Gasteiger partial charge in [-0.2, -0.15) is 0 Å². The molecule has 0 radical (unpaired) electrons. The second kappa shape index (κ2) is 5.05. The van der Waals surface area contributed by atoms with Crippen LogP contribution in [0.3, 0.4) is 0 Å². The van der Waals surface area contributed by atoms with Gasteiger partial charge in [-0.15, -0.1) is 0 Å². The molecule has 17 heavy (non-hydrogen) atoms. The van der Waals surface area contributed by atoms with E-state index < -0.39 is 0 Å². The topological polar surface area (TPSA) is 42.1 Å². The molecule has 2 heterocycles. The zero-order valence-corrected chi connectivity index (χ0v) is 11.1. The largest absolute Gasteiger partial charge is 0.353 e. The van der Waals surface area contributed by atoms with Crippen LogP contribution in [0.25, 0.3) is 0 Å². The predicted octanol–water partition coefficient (Wildman–Crippen LogP) is 2.73. The Kier molecular flexibility index (Phi) is 3.67. The van der Waals surface area contributed by atoms with Crippen molar-refractivity contribution >= 4 is 5.82 Å². The molecule has 1 aliphatic rings. The molecule has 0 amide bonds. The van der Waals surface area contributed by atoms with E-state index in [9.17, 15) is 0 Å². The number of hydrogen-bond acceptors (Lipinski definition) is 3. The summed E-state index contributed by atoms with van der Waals surface area (Å²) in [6, 6.07) is 4.86. The van der Waals surface area contributed by atoms with Gasteiger partial charge in [0.1, 0.15) is 5.82 Å². The minimum Gasteiger partial charge on any atom is -0.353 e. The molecule has 3 heteroatoms. The van der Waals surface area contributed by atoms with Crippen LogP contribution in [-0.2, 0) is 0 Å². The van der Waals surface area contributed by atoms with Gasteiger partial charge < -0.3 is 10.6 Å². The average Bonchev–Trinajstić information content (AvgIpc) is 2.78. The molecule has 2 N–H and O–H groups in total. The highest BCUT2D eigenvalue weighted by Gasteiger charge is 2.28. The fourth-order valence-electron chi connectivity index (χ4n) is 2.64. The molecule has 1 aliphatic heterocycles. The zero-order valence-electron chi connectivity index (χ0n) is 11.1. The lowest BCUT2D eigenvalue weighted by atomic mass is 10.0. The van der Waals surface area contributed by atoms with E-state index in [4.69, 9.17) is 5.73 Å². The normalized spacial score (nSPS) is 22.2. The fraction of sp³-hybridized carbons (Fsp3) is 0.643. The molecule has 2 rings (SSSR count). The van der Waals surface area contributed by atoms with Crippen molar-refractivity contribution in [2.24, 2.45) is 11.7 Å². The van der Waals surface area contributed by atoms with Crippen molar-refractivity contribution in [3.63, 3.8) is 0 Å². The van der Waals surface area contributed by atoms with Crippen LogP contribution in [0.2, 0.25) is 0 Å². The zero-order chi connectivity index (χ0) is 12.4. The third kappa shape index (κ3) is 2.60. The summed E-state index contributed by atoms with van der Waals surface area (Å²) in [6.45, 7) is 7.72. The van der Waals surface area contributed by atoms with Crippen molar-refractivity contribution in [3.05, 3.63) is 23.9 Å². The van der Waals surface area contributed by atoms with E-state index in [0.717, 1.165) is 12.4 Å². The Hall–Kier alpha value is -1.09. The predicted molar refractivity (Wildman–Crippen MR) is 72.0 cm³/mol. The molecule has 94 valence electrons. The lowest BCUT2D eigenvalue weighted by Gasteiger charge is -2.29. The average molecular weight is 233 g/mol. The van der Waals surface area contributed by atoms with Gasteiger partial charge in [0.2, 0.25) is 0 Å². The highest BCUT2D eigenvalue weighted by Crippen LogP contribution is 2.29. The minimum atomic E-state index is 0.0804. The van der Waals surface area contributed by atoms with Crippen molar-refractivity contribution in [2.45, 2.75) is 45.7 Å². The summed E-state index contributed by atoms with van der Waals surface area (Å²) in [5.74, 6) is 1.77. The number of hydrogen-bond donors (Lipinski definition) is 1. The number of nitrogens with two attached hydrogens (primary N) is 1. The van der Waals surface area contributed by atoms with Crippen LogP contribution in [0.15, 0.2) is 18.3 Å². The Bertz CT molecular complexity index is 373. The number of aromatic nitrogens is 1. The molecule has 0 aromatic carbocycles. The standard InChI is InChI=1S/C14H23N3/c1-10(2)13-5-4-8-17(13)14-9-12(11(3)15)6-7-16-14/h6-7,9-11,13H,4-5,8,15H2,1-3H3. The third-order valence-electron chi connectivity index (χ3n) is 3.66. The Morgan fingerprint density at radius 2 is 2.18 bits per heavy atom. The molecule has 1 saturated heterocycles. The lowest BCUT2D eigenvalue weighted by Crippen LogP contribution is -2.34. The molecule has 0 spiro atoms. The van der Waals surface area contributed by atoms with E-state index in [2.05, 4.69) is 29.8 Å². The Morgan fingerprint density at radius 1 is 1.41 bits per heavy atom. The number of rotatable bonds is 3. The quantitative estimate of drug-likeness (QED) is 0.873. The molecule has 0 aliphatic carbocycles. The van der Waals surface area contributed by atoms with Crippen LogP contribution < -0.4 is 10.6 Å². The van der Waals surface area contributed by atoms with Crippen LogP contribution in [0.4, 0.5) is 5.82 Å². The summed E-state index contributed by atoms with van der Waals surface area (Å²) in [4.78, 5) is 6.95. The second-order valence-electron chi connectivity index (χ2n) is 5.38. The number of nitrogens with zero attached hydrogens (tertiary/aromatic N) is 2. The second-order valence-corrected chi connectivity index (χ2v) is 5.38. The molecule has 3 nitrogen and oxygen atoms in total. The first-order valence-electron chi connectivity index (χ1n) is 6.57. The van der Waals surface area contributed by atoms with E-state index in [1.807, 2.05) is 19.2 Å². The summed E-state index contributed by atoms with van der Waals surface area (Å²) in [6.07, 6.45) is 4.43. The Balaban J connectivity index is 2.24. The number of anilines is 1. The first-order valence-corrected chi connectivity index (χ1v) is 6.57. The van der Waals surface area contributed by atoms with Gasteiger partial charge >= 0.3 is 0 Å². The van der Waals surface area contributed by atoms with Crippen molar-refractivity contribution < 1.29 is 0 Å². The summed E-state index contributed by atoms with van der Waals surface area (Å²) < 4.78 is 0. The van der Waals surface area contributed by atoms with Crippen LogP contribution in [0, 0.1) is 5.92 Å². The smallest absolute Gasteiger partial charge is 0.129 e. The first kappa shape index (κ1) is 12.4. The highest BCUT2D eigenvalue weighted by molar-refractivity contribution is 5.44. The van der Waals surface area contributed by atoms with Crippen LogP contribution in [-0.4, -0.2) is 17.6 Å². The van der Waals surface area contributed by atoms with E-state index >= 15 is 0 Å². The molecule has 2 unspecified atom stereocenters. The molecular weight excluding hydrogens is 210 g/mol. The fourth-order valence-corrected chi connectivity index (χ4v) is 2.64. The van der Waals surface area contributed by atoms with Gasteiger partial charge in [-0.25, -0.2) is 4.98 Å². The minimum absolute atomic E-state index is 0.0804. The maximum atomic E-state index is 5.93. The lowest BCUT2D eigenvalue weighted by molar-refractivity contribution is 0.489. The van der Waals surface area contributed by atoms with E-state index in [1.165, 1.54) is 18.4 Å².